The number of hydrogen-bond donors (Lipinski definition) is 1. The van der Waals surface area contributed by atoms with Crippen LogP contribution in [-0.4, -0.2) is 49.4 Å². The van der Waals surface area contributed by atoms with Crippen LogP contribution in [0.5, 0.6) is 5.75 Å². The Hall–Kier alpha value is -3.16. The lowest BCUT2D eigenvalue weighted by atomic mass is 10.1. The van der Waals surface area contributed by atoms with Crippen LogP contribution in [0.15, 0.2) is 66.0 Å². The third kappa shape index (κ3) is 6.41. The fourth-order valence-corrected chi connectivity index (χ4v) is 3.97. The van der Waals surface area contributed by atoms with E-state index in [-0.39, 0.29) is 18.4 Å². The van der Waals surface area contributed by atoms with Gasteiger partial charge >= 0.3 is 0 Å². The number of carbonyl (C=O) groups excluding carboxylic acids is 2. The number of amides is 2. The molecule has 3 aromatic rings. The highest BCUT2D eigenvalue weighted by atomic mass is 32.1. The summed E-state index contributed by atoms with van der Waals surface area (Å²) >= 11 is 1.67. The van der Waals surface area contributed by atoms with E-state index in [1.54, 1.807) is 56.8 Å². The lowest BCUT2D eigenvalue weighted by Gasteiger charge is -2.22. The number of nitrogens with one attached hydrogen (secondary N) is 1. The van der Waals surface area contributed by atoms with Crippen molar-refractivity contribution in [3.63, 3.8) is 0 Å². The quantitative estimate of drug-likeness (QED) is 0.548. The van der Waals surface area contributed by atoms with Crippen LogP contribution < -0.4 is 10.1 Å². The third-order valence-electron chi connectivity index (χ3n) is 4.74. The molecule has 0 fully saturated rings. The van der Waals surface area contributed by atoms with Gasteiger partial charge in [-0.3, -0.25) is 14.5 Å². The minimum atomic E-state index is -0.113. The smallest absolute Gasteiger partial charge is 0.253 e. The molecule has 7 heteroatoms. The molecule has 1 aromatic heterocycles. The molecule has 0 bridgehead atoms. The molecule has 2 aromatic carbocycles. The summed E-state index contributed by atoms with van der Waals surface area (Å²) in [7, 11) is 5.07. The van der Waals surface area contributed by atoms with Gasteiger partial charge in [0.15, 0.2) is 0 Å². The van der Waals surface area contributed by atoms with Gasteiger partial charge in [-0.15, -0.1) is 11.3 Å². The molecule has 0 aliphatic heterocycles. The molecule has 3 rings (SSSR count). The zero-order valence-corrected chi connectivity index (χ0v) is 18.8. The molecule has 31 heavy (non-hydrogen) atoms. The summed E-state index contributed by atoms with van der Waals surface area (Å²) in [6, 6.07) is 18.9. The second-order valence-electron chi connectivity index (χ2n) is 7.36. The number of thiophene rings is 1. The highest BCUT2D eigenvalue weighted by Gasteiger charge is 2.15. The van der Waals surface area contributed by atoms with E-state index in [4.69, 9.17) is 4.74 Å². The number of rotatable bonds is 9. The van der Waals surface area contributed by atoms with Gasteiger partial charge in [-0.05, 0) is 41.8 Å². The van der Waals surface area contributed by atoms with Gasteiger partial charge in [0, 0.05) is 48.9 Å². The molecule has 1 N–H and O–H groups in total. The lowest BCUT2D eigenvalue weighted by molar-refractivity contribution is -0.117. The van der Waals surface area contributed by atoms with Crippen molar-refractivity contribution in [3.05, 3.63) is 82.0 Å². The Kier molecular flexibility index (Phi) is 7.81. The molecule has 0 saturated heterocycles. The summed E-state index contributed by atoms with van der Waals surface area (Å²) in [5, 5.41) is 4.96. The van der Waals surface area contributed by atoms with Gasteiger partial charge in [0.1, 0.15) is 5.75 Å². The van der Waals surface area contributed by atoms with E-state index in [1.165, 1.54) is 9.78 Å². The number of carbonyl (C=O) groups is 2. The Labute approximate surface area is 187 Å². The first-order chi connectivity index (χ1) is 15.0. The molecule has 0 radical (unpaired) electrons. The molecule has 0 unspecified atom stereocenters. The zero-order valence-electron chi connectivity index (χ0n) is 18.0. The first-order valence-electron chi connectivity index (χ1n) is 9.94. The maximum absolute atomic E-state index is 12.8. The van der Waals surface area contributed by atoms with Gasteiger partial charge < -0.3 is 15.0 Å². The summed E-state index contributed by atoms with van der Waals surface area (Å²) in [6.45, 7) is 1.49. The molecular formula is C24H27N3O3S. The highest BCUT2D eigenvalue weighted by Crippen LogP contribution is 2.21. The Morgan fingerprint density at radius 2 is 1.71 bits per heavy atom. The van der Waals surface area contributed by atoms with E-state index in [2.05, 4.69) is 16.3 Å². The third-order valence-corrected chi connectivity index (χ3v) is 5.60. The van der Waals surface area contributed by atoms with Crippen LogP contribution in [0.2, 0.25) is 0 Å². The largest absolute Gasteiger partial charge is 0.496 e. The summed E-state index contributed by atoms with van der Waals surface area (Å²) in [5.41, 5.74) is 2.27. The number of ether oxygens (including phenoxy) is 1. The van der Waals surface area contributed by atoms with E-state index in [0.29, 0.717) is 24.3 Å². The molecular weight excluding hydrogens is 410 g/mol. The summed E-state index contributed by atoms with van der Waals surface area (Å²) in [5.74, 6) is 0.621. The second-order valence-corrected chi connectivity index (χ2v) is 8.39. The van der Waals surface area contributed by atoms with Crippen molar-refractivity contribution in [1.29, 1.82) is 0 Å². The molecule has 1 heterocycles. The van der Waals surface area contributed by atoms with Crippen molar-refractivity contribution in [2.24, 2.45) is 0 Å². The molecule has 162 valence electrons. The van der Waals surface area contributed by atoms with E-state index in [9.17, 15) is 9.59 Å². The monoisotopic (exact) mass is 437 g/mol. The first-order valence-corrected chi connectivity index (χ1v) is 10.8. The van der Waals surface area contributed by atoms with Crippen LogP contribution in [-0.2, 0) is 17.9 Å². The standard InChI is InChI=1S/C24H27N3O3S/c1-26(2)24(29)18-10-12-20(13-11-18)25-23(28)17-27(16-21-8-6-14-31-21)15-19-7-4-5-9-22(19)30-3/h4-14H,15-17H2,1-3H3,(H,25,28). The van der Waals surface area contributed by atoms with Crippen molar-refractivity contribution < 1.29 is 14.3 Å². The molecule has 0 aliphatic rings. The van der Waals surface area contributed by atoms with Gasteiger partial charge in [0.05, 0.1) is 13.7 Å². The average molecular weight is 438 g/mol. The Bertz CT molecular complexity index is 1000. The van der Waals surface area contributed by atoms with Crippen molar-refractivity contribution in [3.8, 4) is 5.75 Å². The molecule has 0 spiro atoms. The number of methoxy groups -OCH3 is 1. The highest BCUT2D eigenvalue weighted by molar-refractivity contribution is 7.09. The maximum atomic E-state index is 12.8. The number of anilines is 1. The zero-order chi connectivity index (χ0) is 22.2. The van der Waals surface area contributed by atoms with Gasteiger partial charge in [-0.1, -0.05) is 24.3 Å². The second kappa shape index (κ2) is 10.7. The van der Waals surface area contributed by atoms with Gasteiger partial charge in [-0.25, -0.2) is 0 Å². The molecule has 0 atom stereocenters. The number of para-hydroxylation sites is 1. The van der Waals surface area contributed by atoms with Crippen molar-refractivity contribution in [2.75, 3.05) is 33.1 Å². The minimum absolute atomic E-state index is 0.0724. The Morgan fingerprint density at radius 3 is 2.35 bits per heavy atom. The first kappa shape index (κ1) is 22.5. The van der Waals surface area contributed by atoms with Crippen LogP contribution in [0.1, 0.15) is 20.8 Å². The molecule has 6 nitrogen and oxygen atoms in total. The van der Waals surface area contributed by atoms with Gasteiger partial charge in [0.25, 0.3) is 5.91 Å². The summed E-state index contributed by atoms with van der Waals surface area (Å²) in [6.07, 6.45) is 0. The minimum Gasteiger partial charge on any atom is -0.496 e. The van der Waals surface area contributed by atoms with Crippen LogP contribution >= 0.6 is 11.3 Å². The molecule has 2 amide bonds. The molecule has 0 aliphatic carbocycles. The number of nitrogens with zero attached hydrogens (tertiary/aromatic N) is 2. The lowest BCUT2D eigenvalue weighted by Crippen LogP contribution is -2.32. The predicted octanol–water partition coefficient (Wildman–Crippen LogP) is 4.10. The van der Waals surface area contributed by atoms with Crippen molar-refractivity contribution in [2.45, 2.75) is 13.1 Å². The Morgan fingerprint density at radius 1 is 0.968 bits per heavy atom. The van der Waals surface area contributed by atoms with Gasteiger partial charge in [-0.2, -0.15) is 0 Å². The SMILES string of the molecule is COc1ccccc1CN(CC(=O)Nc1ccc(C(=O)N(C)C)cc1)Cc1cccs1. The summed E-state index contributed by atoms with van der Waals surface area (Å²) in [4.78, 5) is 29.6. The van der Waals surface area contributed by atoms with Gasteiger partial charge in [0.2, 0.25) is 5.91 Å². The topological polar surface area (TPSA) is 61.9 Å². The maximum Gasteiger partial charge on any atom is 0.253 e. The average Bonchev–Trinajstić information content (AvgIpc) is 3.27. The molecule has 0 saturated carbocycles. The van der Waals surface area contributed by atoms with Crippen molar-refractivity contribution in [1.82, 2.24) is 9.80 Å². The number of benzene rings is 2. The van der Waals surface area contributed by atoms with Crippen molar-refractivity contribution >= 4 is 28.8 Å². The van der Waals surface area contributed by atoms with E-state index < -0.39 is 0 Å². The van der Waals surface area contributed by atoms with E-state index >= 15 is 0 Å². The number of hydrogen-bond acceptors (Lipinski definition) is 5. The normalized spacial score (nSPS) is 10.7. The van der Waals surface area contributed by atoms with Crippen LogP contribution in [0.3, 0.4) is 0 Å². The van der Waals surface area contributed by atoms with Crippen LogP contribution in [0, 0.1) is 0 Å². The predicted molar refractivity (Wildman–Crippen MR) is 125 cm³/mol. The van der Waals surface area contributed by atoms with E-state index in [1.807, 2.05) is 35.7 Å². The van der Waals surface area contributed by atoms with E-state index in [0.717, 1.165) is 11.3 Å². The Balaban J connectivity index is 1.68. The summed E-state index contributed by atoms with van der Waals surface area (Å²) < 4.78 is 5.47. The van der Waals surface area contributed by atoms with Crippen LogP contribution in [0.25, 0.3) is 0 Å². The fourth-order valence-electron chi connectivity index (χ4n) is 3.22. The van der Waals surface area contributed by atoms with Crippen LogP contribution in [0.4, 0.5) is 5.69 Å². The fraction of sp³-hybridized carbons (Fsp3) is 0.250.